The number of alkyl halides is 2. The average Bonchev–Trinajstić information content (AvgIpc) is 2.35. The number of hydrogen-bond donors (Lipinski definition) is 0. The highest BCUT2D eigenvalue weighted by molar-refractivity contribution is 6.00. The topological polar surface area (TPSA) is 26.3 Å². The van der Waals surface area contributed by atoms with Gasteiger partial charge in [-0.25, -0.2) is 8.78 Å². The Balaban J connectivity index is 1.89. The number of aryl methyl sites for hydroxylation is 1. The molecule has 0 N–H and O–H groups in total. The summed E-state index contributed by atoms with van der Waals surface area (Å²) in [4.78, 5) is 12.2. The second-order valence-corrected chi connectivity index (χ2v) is 5.74. The predicted octanol–water partition coefficient (Wildman–Crippen LogP) is 3.91. The Bertz CT molecular complexity index is 527. The van der Waals surface area contributed by atoms with E-state index in [1.54, 1.807) is 6.07 Å². The maximum Gasteiger partial charge on any atom is 0.248 e. The third-order valence-corrected chi connectivity index (χ3v) is 4.14. The van der Waals surface area contributed by atoms with Crippen molar-refractivity contribution in [3.8, 4) is 5.75 Å². The Kier molecular flexibility index (Phi) is 2.66. The van der Waals surface area contributed by atoms with Gasteiger partial charge in [-0.2, -0.15) is 0 Å². The first-order valence-electron chi connectivity index (χ1n) is 6.60. The number of fused-ring (bicyclic) bond motifs is 1. The number of ketones is 1. The van der Waals surface area contributed by atoms with Gasteiger partial charge in [-0.15, -0.1) is 0 Å². The van der Waals surface area contributed by atoms with E-state index in [4.69, 9.17) is 4.74 Å². The van der Waals surface area contributed by atoms with Crippen molar-refractivity contribution in [2.45, 2.75) is 50.6 Å². The number of Topliss-reactive ketones (excluding diaryl/α,β-unsaturated/α-hetero) is 1. The molecule has 0 amide bonds. The van der Waals surface area contributed by atoms with Crippen LogP contribution in [0.1, 0.15) is 48.0 Å². The van der Waals surface area contributed by atoms with Crippen LogP contribution in [0, 0.1) is 6.92 Å². The molecule has 1 saturated carbocycles. The smallest absolute Gasteiger partial charge is 0.248 e. The minimum atomic E-state index is -2.61. The average molecular weight is 266 g/mol. The summed E-state index contributed by atoms with van der Waals surface area (Å²) in [5.74, 6) is -2.05. The van der Waals surface area contributed by atoms with Crippen LogP contribution in [-0.2, 0) is 0 Å². The molecule has 0 aromatic heterocycles. The fraction of sp³-hybridized carbons (Fsp3) is 0.533. The summed E-state index contributed by atoms with van der Waals surface area (Å²) < 4.78 is 32.4. The molecule has 4 heteroatoms. The zero-order chi connectivity index (χ0) is 13.7. The van der Waals surface area contributed by atoms with Crippen LogP contribution in [0.3, 0.4) is 0 Å². The van der Waals surface area contributed by atoms with Crippen LogP contribution in [-0.4, -0.2) is 17.3 Å². The van der Waals surface area contributed by atoms with Gasteiger partial charge >= 0.3 is 0 Å². The van der Waals surface area contributed by atoms with E-state index in [0.717, 1.165) is 5.56 Å². The van der Waals surface area contributed by atoms with Crippen LogP contribution in [0.5, 0.6) is 5.75 Å². The molecule has 19 heavy (non-hydrogen) atoms. The molecule has 1 aromatic carbocycles. The SMILES string of the molecule is Cc1ccc2c(c1)C(=O)CC1(CCC(F)(F)CC1)O2. The largest absolute Gasteiger partial charge is 0.486 e. The molecule has 3 rings (SSSR count). The number of carbonyl (C=O) groups is 1. The first-order chi connectivity index (χ1) is 8.89. The molecule has 0 atom stereocenters. The van der Waals surface area contributed by atoms with Gasteiger partial charge in [0.25, 0.3) is 0 Å². The molecule has 1 spiro atoms. The summed E-state index contributed by atoms with van der Waals surface area (Å²) in [5.41, 5.74) is 0.880. The first kappa shape index (κ1) is 12.6. The van der Waals surface area contributed by atoms with E-state index >= 15 is 0 Å². The van der Waals surface area contributed by atoms with Gasteiger partial charge in [0.15, 0.2) is 5.78 Å². The molecule has 2 aliphatic rings. The minimum Gasteiger partial charge on any atom is -0.486 e. The molecular formula is C15H16F2O2. The van der Waals surface area contributed by atoms with Gasteiger partial charge in [0.1, 0.15) is 11.4 Å². The normalized spacial score (nSPS) is 23.8. The van der Waals surface area contributed by atoms with E-state index < -0.39 is 11.5 Å². The standard InChI is InChI=1S/C15H16F2O2/c1-10-2-3-13-11(8-10)12(18)9-14(19-13)4-6-15(16,17)7-5-14/h2-3,8H,4-7,9H2,1H3. The summed E-state index contributed by atoms with van der Waals surface area (Å²) in [6.07, 6.45) is 0.334. The number of ether oxygens (including phenoxy) is 1. The maximum atomic E-state index is 13.2. The van der Waals surface area contributed by atoms with E-state index in [1.165, 1.54) is 0 Å². The Morgan fingerprint density at radius 3 is 2.53 bits per heavy atom. The van der Waals surface area contributed by atoms with Crippen LogP contribution in [0.25, 0.3) is 0 Å². The molecular weight excluding hydrogens is 250 g/mol. The summed E-state index contributed by atoms with van der Waals surface area (Å²) in [5, 5.41) is 0. The minimum absolute atomic E-state index is 0.00941. The second kappa shape index (κ2) is 4.02. The lowest BCUT2D eigenvalue weighted by molar-refractivity contribution is -0.0946. The lowest BCUT2D eigenvalue weighted by Crippen LogP contribution is -2.47. The lowest BCUT2D eigenvalue weighted by atomic mass is 9.77. The van der Waals surface area contributed by atoms with Crippen molar-refractivity contribution in [1.82, 2.24) is 0 Å². The highest BCUT2D eigenvalue weighted by Gasteiger charge is 2.48. The molecule has 1 aliphatic carbocycles. The molecule has 2 nitrogen and oxygen atoms in total. The Morgan fingerprint density at radius 2 is 1.84 bits per heavy atom. The van der Waals surface area contributed by atoms with Crippen molar-refractivity contribution in [2.24, 2.45) is 0 Å². The van der Waals surface area contributed by atoms with Crippen LogP contribution in [0.2, 0.25) is 0 Å². The van der Waals surface area contributed by atoms with Crippen LogP contribution < -0.4 is 4.74 Å². The van der Waals surface area contributed by atoms with Crippen molar-refractivity contribution in [1.29, 1.82) is 0 Å². The molecule has 0 bridgehead atoms. The van der Waals surface area contributed by atoms with Crippen molar-refractivity contribution in [3.05, 3.63) is 29.3 Å². The van der Waals surface area contributed by atoms with Gasteiger partial charge in [0.05, 0.1) is 12.0 Å². The Labute approximate surface area is 110 Å². The quantitative estimate of drug-likeness (QED) is 0.711. The van der Waals surface area contributed by atoms with Gasteiger partial charge in [0, 0.05) is 12.8 Å². The molecule has 0 unspecified atom stereocenters. The van der Waals surface area contributed by atoms with Gasteiger partial charge in [0.2, 0.25) is 5.92 Å². The van der Waals surface area contributed by atoms with E-state index in [-0.39, 0.29) is 37.9 Å². The Hall–Kier alpha value is -1.45. The summed E-state index contributed by atoms with van der Waals surface area (Å²) in [6.45, 7) is 1.92. The van der Waals surface area contributed by atoms with Gasteiger partial charge in [-0.1, -0.05) is 11.6 Å². The number of benzene rings is 1. The van der Waals surface area contributed by atoms with Crippen molar-refractivity contribution in [3.63, 3.8) is 0 Å². The predicted molar refractivity (Wildman–Crippen MR) is 66.9 cm³/mol. The van der Waals surface area contributed by atoms with E-state index in [0.29, 0.717) is 11.3 Å². The van der Waals surface area contributed by atoms with E-state index in [9.17, 15) is 13.6 Å². The lowest BCUT2D eigenvalue weighted by Gasteiger charge is -2.42. The van der Waals surface area contributed by atoms with E-state index in [2.05, 4.69) is 0 Å². The van der Waals surface area contributed by atoms with Crippen molar-refractivity contribution in [2.75, 3.05) is 0 Å². The van der Waals surface area contributed by atoms with Crippen molar-refractivity contribution < 1.29 is 18.3 Å². The number of halogens is 2. The van der Waals surface area contributed by atoms with Crippen LogP contribution in [0.4, 0.5) is 8.78 Å². The zero-order valence-electron chi connectivity index (χ0n) is 10.8. The van der Waals surface area contributed by atoms with Crippen molar-refractivity contribution >= 4 is 5.78 Å². The monoisotopic (exact) mass is 266 g/mol. The molecule has 0 saturated heterocycles. The summed E-state index contributed by atoms with van der Waals surface area (Å²) in [7, 11) is 0. The molecule has 1 heterocycles. The third-order valence-electron chi connectivity index (χ3n) is 4.14. The fourth-order valence-corrected chi connectivity index (χ4v) is 2.96. The fourth-order valence-electron chi connectivity index (χ4n) is 2.96. The first-order valence-corrected chi connectivity index (χ1v) is 6.60. The highest BCUT2D eigenvalue weighted by atomic mass is 19.3. The molecule has 102 valence electrons. The van der Waals surface area contributed by atoms with Crippen LogP contribution in [0.15, 0.2) is 18.2 Å². The van der Waals surface area contributed by atoms with Gasteiger partial charge < -0.3 is 4.74 Å². The number of carbonyl (C=O) groups excluding carboxylic acids is 1. The third kappa shape index (κ3) is 2.24. The zero-order valence-corrected chi connectivity index (χ0v) is 10.8. The molecule has 1 aliphatic heterocycles. The molecule has 1 aromatic rings. The molecule has 0 radical (unpaired) electrons. The summed E-state index contributed by atoms with van der Waals surface area (Å²) >= 11 is 0. The van der Waals surface area contributed by atoms with Crippen LogP contribution >= 0.6 is 0 Å². The maximum absolute atomic E-state index is 13.2. The second-order valence-electron chi connectivity index (χ2n) is 5.74. The molecule has 1 fully saturated rings. The summed E-state index contributed by atoms with van der Waals surface area (Å²) in [6, 6.07) is 5.46. The van der Waals surface area contributed by atoms with E-state index in [1.807, 2.05) is 19.1 Å². The number of rotatable bonds is 0. The van der Waals surface area contributed by atoms with Gasteiger partial charge in [-0.3, -0.25) is 4.79 Å². The number of hydrogen-bond acceptors (Lipinski definition) is 2. The van der Waals surface area contributed by atoms with Gasteiger partial charge in [-0.05, 0) is 31.9 Å². The highest BCUT2D eigenvalue weighted by Crippen LogP contribution is 2.46. The Morgan fingerprint density at radius 1 is 1.16 bits per heavy atom.